The number of aromatic hydroxyl groups is 1. The van der Waals surface area contributed by atoms with E-state index in [1.807, 2.05) is 37.3 Å². The van der Waals surface area contributed by atoms with Gasteiger partial charge in [0, 0.05) is 11.6 Å². The minimum absolute atomic E-state index is 0.0971. The van der Waals surface area contributed by atoms with Crippen LogP contribution in [0.25, 0.3) is 0 Å². The van der Waals surface area contributed by atoms with Crippen LogP contribution in [0.4, 0.5) is 5.69 Å². The first-order valence-corrected chi connectivity index (χ1v) is 9.73. The molecule has 2 aromatic carbocycles. The fraction of sp³-hybridized carbons (Fsp3) is 0.348. The van der Waals surface area contributed by atoms with Crippen LogP contribution >= 0.6 is 0 Å². The van der Waals surface area contributed by atoms with Gasteiger partial charge in [-0.2, -0.15) is 0 Å². The molecule has 0 radical (unpaired) electrons. The topological polar surface area (TPSA) is 67.8 Å². The van der Waals surface area contributed by atoms with Crippen molar-refractivity contribution in [3.8, 4) is 11.5 Å². The smallest absolute Gasteiger partial charge is 0.338 e. The van der Waals surface area contributed by atoms with E-state index < -0.39 is 0 Å². The highest BCUT2D eigenvalue weighted by Crippen LogP contribution is 2.50. The van der Waals surface area contributed by atoms with Crippen LogP contribution in [-0.4, -0.2) is 24.8 Å². The molecule has 5 heteroatoms. The Morgan fingerprint density at radius 1 is 1.25 bits per heavy atom. The van der Waals surface area contributed by atoms with E-state index in [1.165, 1.54) is 0 Å². The molecule has 28 heavy (non-hydrogen) atoms. The second kappa shape index (κ2) is 7.58. The van der Waals surface area contributed by atoms with Crippen molar-refractivity contribution in [2.75, 3.05) is 19.0 Å². The van der Waals surface area contributed by atoms with Crippen molar-refractivity contribution in [1.29, 1.82) is 0 Å². The number of esters is 1. The lowest BCUT2D eigenvalue weighted by molar-refractivity contribution is 0.0505. The first-order valence-electron chi connectivity index (χ1n) is 9.73. The Bertz CT molecular complexity index is 921. The molecule has 2 aromatic rings. The highest BCUT2D eigenvalue weighted by molar-refractivity contribution is 5.90. The Hall–Kier alpha value is -2.95. The van der Waals surface area contributed by atoms with Gasteiger partial charge in [-0.15, -0.1) is 0 Å². The molecule has 2 N–H and O–H groups in total. The highest BCUT2D eigenvalue weighted by atomic mass is 16.5. The molecule has 4 rings (SSSR count). The number of rotatable bonds is 5. The Kier molecular flexibility index (Phi) is 4.99. The molecule has 0 saturated heterocycles. The lowest BCUT2D eigenvalue weighted by Crippen LogP contribution is -2.29. The fourth-order valence-electron chi connectivity index (χ4n) is 4.22. The van der Waals surface area contributed by atoms with Gasteiger partial charge in [0.25, 0.3) is 0 Å². The molecule has 146 valence electrons. The molecule has 0 aromatic heterocycles. The fourth-order valence-corrected chi connectivity index (χ4v) is 4.22. The minimum Gasteiger partial charge on any atom is -0.504 e. The van der Waals surface area contributed by atoms with Gasteiger partial charge < -0.3 is 19.9 Å². The second-order valence-corrected chi connectivity index (χ2v) is 7.34. The van der Waals surface area contributed by atoms with Gasteiger partial charge in [-0.1, -0.05) is 25.1 Å². The average molecular weight is 379 g/mol. The molecule has 1 aliphatic carbocycles. The van der Waals surface area contributed by atoms with Crippen molar-refractivity contribution in [2.24, 2.45) is 5.92 Å². The van der Waals surface area contributed by atoms with Crippen LogP contribution in [0.15, 0.2) is 48.6 Å². The van der Waals surface area contributed by atoms with E-state index in [2.05, 4.69) is 17.5 Å². The van der Waals surface area contributed by atoms with Crippen molar-refractivity contribution >= 4 is 11.7 Å². The summed E-state index contributed by atoms with van der Waals surface area (Å²) < 4.78 is 10.6. The summed E-state index contributed by atoms with van der Waals surface area (Å²) in [5.74, 6) is 0.914. The Morgan fingerprint density at radius 3 is 2.89 bits per heavy atom. The number of anilines is 1. The van der Waals surface area contributed by atoms with Crippen molar-refractivity contribution < 1.29 is 19.4 Å². The number of carbonyl (C=O) groups excluding carboxylic acids is 1. The molecule has 0 fully saturated rings. The van der Waals surface area contributed by atoms with E-state index in [-0.39, 0.29) is 23.7 Å². The molecule has 1 heterocycles. The molecule has 1 aliphatic heterocycles. The van der Waals surface area contributed by atoms with Gasteiger partial charge in [-0.25, -0.2) is 4.79 Å². The number of ether oxygens (including phenoxy) is 2. The molecule has 5 nitrogen and oxygen atoms in total. The zero-order chi connectivity index (χ0) is 19.7. The lowest BCUT2D eigenvalue weighted by atomic mass is 9.76. The number of allylic oxidation sites excluding steroid dienone is 2. The van der Waals surface area contributed by atoms with E-state index in [1.54, 1.807) is 13.2 Å². The number of methoxy groups -OCH3 is 1. The number of phenols is 1. The summed E-state index contributed by atoms with van der Waals surface area (Å²) in [5, 5.41) is 13.6. The van der Waals surface area contributed by atoms with Gasteiger partial charge in [-0.05, 0) is 60.2 Å². The molecule has 0 bridgehead atoms. The maximum atomic E-state index is 12.3. The van der Waals surface area contributed by atoms with Crippen LogP contribution in [-0.2, 0) is 4.74 Å². The maximum absolute atomic E-state index is 12.3. The Balaban J connectivity index is 1.67. The van der Waals surface area contributed by atoms with E-state index >= 15 is 0 Å². The predicted octanol–water partition coefficient (Wildman–Crippen LogP) is 4.79. The summed E-state index contributed by atoms with van der Waals surface area (Å²) >= 11 is 0. The normalized spacial score (nSPS) is 22.1. The number of phenolic OH excluding ortho intramolecular Hbond substituents is 1. The largest absolute Gasteiger partial charge is 0.504 e. The summed E-state index contributed by atoms with van der Waals surface area (Å²) in [5.41, 5.74) is 3.83. The molecular weight excluding hydrogens is 354 g/mol. The van der Waals surface area contributed by atoms with Gasteiger partial charge >= 0.3 is 5.97 Å². The molecule has 2 aliphatic rings. The summed E-state index contributed by atoms with van der Waals surface area (Å²) in [6.45, 7) is 2.42. The van der Waals surface area contributed by atoms with Gasteiger partial charge in [0.15, 0.2) is 11.5 Å². The number of fused-ring (bicyclic) bond motifs is 3. The van der Waals surface area contributed by atoms with Gasteiger partial charge in [0.2, 0.25) is 0 Å². The Morgan fingerprint density at radius 2 is 2.11 bits per heavy atom. The van der Waals surface area contributed by atoms with Crippen LogP contribution in [0.3, 0.4) is 0 Å². The third-order valence-electron chi connectivity index (χ3n) is 5.60. The van der Waals surface area contributed by atoms with Crippen molar-refractivity contribution in [3.05, 3.63) is 65.2 Å². The summed E-state index contributed by atoms with van der Waals surface area (Å²) in [4.78, 5) is 12.3. The van der Waals surface area contributed by atoms with Crippen LogP contribution < -0.4 is 10.1 Å². The zero-order valence-electron chi connectivity index (χ0n) is 16.1. The van der Waals surface area contributed by atoms with Crippen molar-refractivity contribution in [2.45, 2.75) is 31.7 Å². The summed E-state index contributed by atoms with van der Waals surface area (Å²) in [6, 6.07) is 11.3. The van der Waals surface area contributed by atoms with E-state index in [0.717, 1.165) is 29.7 Å². The van der Waals surface area contributed by atoms with Gasteiger partial charge in [-0.3, -0.25) is 0 Å². The lowest BCUT2D eigenvalue weighted by Gasteiger charge is -2.37. The SMILES string of the molecule is CCCOC(=O)c1ccc2c(c1)C1C=CCC1C(c1ccc(O)c(OC)c1)N2. The third-order valence-corrected chi connectivity index (χ3v) is 5.60. The third kappa shape index (κ3) is 3.21. The molecule has 0 amide bonds. The summed E-state index contributed by atoms with van der Waals surface area (Å²) in [6.07, 6.45) is 6.20. The second-order valence-electron chi connectivity index (χ2n) is 7.34. The Labute approximate surface area is 165 Å². The van der Waals surface area contributed by atoms with Crippen LogP contribution in [0.1, 0.15) is 53.2 Å². The maximum Gasteiger partial charge on any atom is 0.338 e. The minimum atomic E-state index is -0.270. The number of benzene rings is 2. The van der Waals surface area contributed by atoms with Crippen LogP contribution in [0.5, 0.6) is 11.5 Å². The van der Waals surface area contributed by atoms with Crippen LogP contribution in [0, 0.1) is 5.92 Å². The molecule has 0 saturated carbocycles. The number of hydrogen-bond acceptors (Lipinski definition) is 5. The van der Waals surface area contributed by atoms with Gasteiger partial charge in [0.1, 0.15) is 0 Å². The van der Waals surface area contributed by atoms with E-state index in [0.29, 0.717) is 23.8 Å². The quantitative estimate of drug-likeness (QED) is 0.577. The first kappa shape index (κ1) is 18.4. The standard InChI is InChI=1S/C23H25NO4/c1-3-11-28-23(26)15-7-9-19-18(12-15)16-5-4-6-17(16)22(24-19)14-8-10-20(25)21(13-14)27-2/h4-5,7-10,12-13,16-17,22,24-25H,3,6,11H2,1-2H3. The van der Waals surface area contributed by atoms with Gasteiger partial charge in [0.05, 0.1) is 25.3 Å². The van der Waals surface area contributed by atoms with E-state index in [4.69, 9.17) is 9.47 Å². The van der Waals surface area contributed by atoms with Crippen molar-refractivity contribution in [1.82, 2.24) is 0 Å². The van der Waals surface area contributed by atoms with E-state index in [9.17, 15) is 9.90 Å². The molecule has 0 spiro atoms. The molecular formula is C23H25NO4. The number of nitrogens with one attached hydrogen (secondary N) is 1. The van der Waals surface area contributed by atoms with Crippen LogP contribution in [0.2, 0.25) is 0 Å². The number of carbonyl (C=O) groups is 1. The predicted molar refractivity (Wildman–Crippen MR) is 108 cm³/mol. The molecule has 3 unspecified atom stereocenters. The average Bonchev–Trinajstić information content (AvgIpc) is 3.21. The first-order chi connectivity index (χ1) is 13.6. The monoisotopic (exact) mass is 379 g/mol. The zero-order valence-corrected chi connectivity index (χ0v) is 16.1. The summed E-state index contributed by atoms with van der Waals surface area (Å²) in [7, 11) is 1.56. The highest BCUT2D eigenvalue weighted by Gasteiger charge is 2.38. The number of hydrogen-bond donors (Lipinski definition) is 2. The molecule has 3 atom stereocenters. The van der Waals surface area contributed by atoms with Crippen molar-refractivity contribution in [3.63, 3.8) is 0 Å².